The topological polar surface area (TPSA) is 38.9 Å². The molecule has 0 aliphatic rings. The molecule has 1 unspecified atom stereocenters. The van der Waals surface area contributed by atoms with Crippen LogP contribution in [0.4, 0.5) is 0 Å². The Balaban J connectivity index is 2.06. The summed E-state index contributed by atoms with van der Waals surface area (Å²) in [6.07, 6.45) is 13.8. The highest BCUT2D eigenvalue weighted by molar-refractivity contribution is 5.18. The van der Waals surface area contributed by atoms with Gasteiger partial charge in [0.2, 0.25) is 0 Å². The summed E-state index contributed by atoms with van der Waals surface area (Å²) in [5, 5.41) is 0. The lowest BCUT2D eigenvalue weighted by molar-refractivity contribution is 0.536. The van der Waals surface area contributed by atoms with Crippen molar-refractivity contribution >= 4 is 0 Å². The SMILES string of the molecule is CCCCCCCCCCC(N)c1ccnc(C)c1. The summed E-state index contributed by atoms with van der Waals surface area (Å²) in [6, 6.07) is 4.33. The van der Waals surface area contributed by atoms with Crippen LogP contribution in [0.1, 0.15) is 82.0 Å². The summed E-state index contributed by atoms with van der Waals surface area (Å²) in [5.41, 5.74) is 8.51. The van der Waals surface area contributed by atoms with E-state index in [1.54, 1.807) is 0 Å². The first kappa shape index (κ1) is 16.2. The van der Waals surface area contributed by atoms with Crippen LogP contribution < -0.4 is 5.73 Å². The minimum Gasteiger partial charge on any atom is -0.324 e. The number of unbranched alkanes of at least 4 members (excludes halogenated alkanes) is 7. The molecular weight excluding hydrogens is 232 g/mol. The van der Waals surface area contributed by atoms with E-state index in [2.05, 4.69) is 18.0 Å². The number of pyridine rings is 1. The number of nitrogens with zero attached hydrogens (tertiary/aromatic N) is 1. The van der Waals surface area contributed by atoms with E-state index in [0.717, 1.165) is 12.1 Å². The molecular formula is C17H30N2. The number of rotatable bonds is 10. The Morgan fingerprint density at radius 1 is 1.05 bits per heavy atom. The van der Waals surface area contributed by atoms with Gasteiger partial charge in [-0.25, -0.2) is 0 Å². The molecule has 0 aliphatic heterocycles. The van der Waals surface area contributed by atoms with Crippen molar-refractivity contribution in [2.75, 3.05) is 0 Å². The van der Waals surface area contributed by atoms with E-state index in [1.807, 2.05) is 19.2 Å². The Morgan fingerprint density at radius 2 is 1.68 bits per heavy atom. The van der Waals surface area contributed by atoms with Crippen molar-refractivity contribution in [3.8, 4) is 0 Å². The molecule has 2 nitrogen and oxygen atoms in total. The molecule has 2 N–H and O–H groups in total. The van der Waals surface area contributed by atoms with Gasteiger partial charge in [-0.1, -0.05) is 58.3 Å². The standard InChI is InChI=1S/C17H30N2/c1-3-4-5-6-7-8-9-10-11-17(18)16-12-13-19-15(2)14-16/h12-14,17H,3-11,18H2,1-2H3. The first-order valence-corrected chi connectivity index (χ1v) is 7.92. The number of hydrogen-bond donors (Lipinski definition) is 1. The summed E-state index contributed by atoms with van der Waals surface area (Å²) in [4.78, 5) is 4.21. The number of nitrogens with two attached hydrogens (primary N) is 1. The minimum atomic E-state index is 0.182. The fraction of sp³-hybridized carbons (Fsp3) is 0.706. The first-order chi connectivity index (χ1) is 9.24. The molecule has 1 aromatic rings. The Hall–Kier alpha value is -0.890. The van der Waals surface area contributed by atoms with E-state index >= 15 is 0 Å². The zero-order valence-corrected chi connectivity index (χ0v) is 12.7. The molecule has 0 fully saturated rings. The average molecular weight is 262 g/mol. The maximum absolute atomic E-state index is 6.22. The zero-order chi connectivity index (χ0) is 13.9. The molecule has 1 atom stereocenters. The Labute approximate surface area is 118 Å². The molecule has 0 bridgehead atoms. The van der Waals surface area contributed by atoms with Crippen molar-refractivity contribution in [1.82, 2.24) is 4.98 Å². The summed E-state index contributed by atoms with van der Waals surface area (Å²) in [7, 11) is 0. The molecule has 0 aliphatic carbocycles. The van der Waals surface area contributed by atoms with Crippen molar-refractivity contribution in [1.29, 1.82) is 0 Å². The van der Waals surface area contributed by atoms with Crippen molar-refractivity contribution in [2.45, 2.75) is 77.7 Å². The third-order valence-corrected chi connectivity index (χ3v) is 3.72. The molecule has 1 heterocycles. The van der Waals surface area contributed by atoms with Crippen LogP contribution in [0, 0.1) is 6.92 Å². The molecule has 108 valence electrons. The van der Waals surface area contributed by atoms with Gasteiger partial charge in [-0.15, -0.1) is 0 Å². The molecule has 0 radical (unpaired) electrons. The lowest BCUT2D eigenvalue weighted by atomic mass is 10.0. The molecule has 0 aromatic carbocycles. The largest absolute Gasteiger partial charge is 0.324 e. The Morgan fingerprint density at radius 3 is 2.32 bits per heavy atom. The van der Waals surface area contributed by atoms with Crippen molar-refractivity contribution in [3.05, 3.63) is 29.6 Å². The first-order valence-electron chi connectivity index (χ1n) is 7.92. The molecule has 0 saturated carbocycles. The van der Waals surface area contributed by atoms with Gasteiger partial charge in [-0.3, -0.25) is 4.98 Å². The van der Waals surface area contributed by atoms with Crippen molar-refractivity contribution in [3.63, 3.8) is 0 Å². The maximum Gasteiger partial charge on any atom is 0.0375 e. The van der Waals surface area contributed by atoms with Gasteiger partial charge in [0.1, 0.15) is 0 Å². The van der Waals surface area contributed by atoms with Gasteiger partial charge >= 0.3 is 0 Å². The van der Waals surface area contributed by atoms with Gasteiger partial charge in [0.05, 0.1) is 0 Å². The minimum absolute atomic E-state index is 0.182. The monoisotopic (exact) mass is 262 g/mol. The summed E-state index contributed by atoms with van der Waals surface area (Å²) < 4.78 is 0. The second-order valence-electron chi connectivity index (χ2n) is 5.60. The fourth-order valence-corrected chi connectivity index (χ4v) is 2.46. The van der Waals surface area contributed by atoms with Gasteiger partial charge in [0.15, 0.2) is 0 Å². The number of aryl methyl sites for hydroxylation is 1. The molecule has 0 saturated heterocycles. The smallest absolute Gasteiger partial charge is 0.0375 e. The van der Waals surface area contributed by atoms with Crippen molar-refractivity contribution in [2.24, 2.45) is 5.73 Å². The van der Waals surface area contributed by atoms with E-state index in [0.29, 0.717) is 0 Å². The van der Waals surface area contributed by atoms with Crippen LogP contribution >= 0.6 is 0 Å². The third-order valence-electron chi connectivity index (χ3n) is 3.72. The van der Waals surface area contributed by atoms with E-state index in [4.69, 9.17) is 5.73 Å². The highest BCUT2D eigenvalue weighted by Crippen LogP contribution is 2.18. The second-order valence-corrected chi connectivity index (χ2v) is 5.60. The van der Waals surface area contributed by atoms with Crippen LogP contribution in [0.2, 0.25) is 0 Å². The Kier molecular flexibility index (Phi) is 8.48. The van der Waals surface area contributed by atoms with Crippen LogP contribution in [0.5, 0.6) is 0 Å². The van der Waals surface area contributed by atoms with Crippen LogP contribution in [0.3, 0.4) is 0 Å². The van der Waals surface area contributed by atoms with Crippen LogP contribution in [0.15, 0.2) is 18.3 Å². The number of hydrogen-bond acceptors (Lipinski definition) is 2. The van der Waals surface area contributed by atoms with E-state index in [1.165, 1.54) is 56.9 Å². The number of aromatic nitrogens is 1. The molecule has 0 amide bonds. The highest BCUT2D eigenvalue weighted by atomic mass is 14.7. The van der Waals surface area contributed by atoms with Gasteiger partial charge < -0.3 is 5.73 Å². The lowest BCUT2D eigenvalue weighted by Gasteiger charge is -2.12. The fourth-order valence-electron chi connectivity index (χ4n) is 2.46. The van der Waals surface area contributed by atoms with Crippen LogP contribution in [0.25, 0.3) is 0 Å². The lowest BCUT2D eigenvalue weighted by Crippen LogP contribution is -2.10. The summed E-state index contributed by atoms with van der Waals surface area (Å²) in [5.74, 6) is 0. The van der Waals surface area contributed by atoms with E-state index in [-0.39, 0.29) is 6.04 Å². The molecule has 1 rings (SSSR count). The van der Waals surface area contributed by atoms with Gasteiger partial charge in [0.25, 0.3) is 0 Å². The van der Waals surface area contributed by atoms with E-state index < -0.39 is 0 Å². The summed E-state index contributed by atoms with van der Waals surface area (Å²) in [6.45, 7) is 4.29. The van der Waals surface area contributed by atoms with Crippen LogP contribution in [-0.4, -0.2) is 4.98 Å². The van der Waals surface area contributed by atoms with Crippen molar-refractivity contribution < 1.29 is 0 Å². The van der Waals surface area contributed by atoms with Gasteiger partial charge in [-0.2, -0.15) is 0 Å². The molecule has 2 heteroatoms. The molecule has 1 aromatic heterocycles. The second kappa shape index (κ2) is 9.96. The predicted octanol–water partition coefficient (Wildman–Crippen LogP) is 4.92. The van der Waals surface area contributed by atoms with Gasteiger partial charge in [-0.05, 0) is 31.0 Å². The molecule has 0 spiro atoms. The normalized spacial score (nSPS) is 12.6. The molecule has 19 heavy (non-hydrogen) atoms. The highest BCUT2D eigenvalue weighted by Gasteiger charge is 2.05. The zero-order valence-electron chi connectivity index (χ0n) is 12.7. The average Bonchev–Trinajstić information content (AvgIpc) is 2.41. The predicted molar refractivity (Wildman–Crippen MR) is 83.1 cm³/mol. The quantitative estimate of drug-likeness (QED) is 0.608. The van der Waals surface area contributed by atoms with Gasteiger partial charge in [0, 0.05) is 17.9 Å². The maximum atomic E-state index is 6.22. The van der Waals surface area contributed by atoms with E-state index in [9.17, 15) is 0 Å². The third kappa shape index (κ3) is 7.31. The Bertz CT molecular complexity index is 336. The summed E-state index contributed by atoms with van der Waals surface area (Å²) >= 11 is 0. The van der Waals surface area contributed by atoms with Crippen LogP contribution in [-0.2, 0) is 0 Å².